The third kappa shape index (κ3) is 9.89. The zero-order valence-electron chi connectivity index (χ0n) is 15.9. The Morgan fingerprint density at radius 3 is 1.96 bits per heavy atom. The Kier molecular flexibility index (Phi) is 9.22. The van der Waals surface area contributed by atoms with Crippen LogP contribution < -0.4 is 0 Å². The SMILES string of the molecule is CC(=O)[C@H](CSC(=O)O[C@@H](C)OC(=O)C(C)(C)C)CC(=O)C(C)(C)S. The first-order valence-electron chi connectivity index (χ1n) is 7.95. The molecule has 8 heteroatoms. The van der Waals surface area contributed by atoms with Crippen molar-refractivity contribution in [3.63, 3.8) is 0 Å². The molecule has 0 radical (unpaired) electrons. The molecule has 0 spiro atoms. The number of esters is 1. The summed E-state index contributed by atoms with van der Waals surface area (Å²) in [4.78, 5) is 47.2. The fourth-order valence-corrected chi connectivity index (χ4v) is 2.47. The molecule has 0 rings (SSSR count). The van der Waals surface area contributed by atoms with E-state index in [-0.39, 0.29) is 23.7 Å². The summed E-state index contributed by atoms with van der Waals surface area (Å²) >= 11 is 4.97. The molecular formula is C17H28O6S2. The predicted octanol–water partition coefficient (Wildman–Crippen LogP) is 3.66. The summed E-state index contributed by atoms with van der Waals surface area (Å²) in [5, 5.41) is -0.668. The monoisotopic (exact) mass is 392 g/mol. The second kappa shape index (κ2) is 9.62. The van der Waals surface area contributed by atoms with Gasteiger partial charge < -0.3 is 9.47 Å². The van der Waals surface area contributed by atoms with Gasteiger partial charge in [-0.2, -0.15) is 12.6 Å². The van der Waals surface area contributed by atoms with Crippen molar-refractivity contribution in [2.24, 2.45) is 11.3 Å². The number of hydrogen-bond donors (Lipinski definition) is 1. The highest BCUT2D eigenvalue weighted by atomic mass is 32.2. The minimum Gasteiger partial charge on any atom is -0.425 e. The fraction of sp³-hybridized carbons (Fsp3) is 0.765. The Hall–Kier alpha value is -1.02. The van der Waals surface area contributed by atoms with Crippen LogP contribution >= 0.6 is 24.4 Å². The van der Waals surface area contributed by atoms with Crippen LogP contribution in [0.3, 0.4) is 0 Å². The molecule has 6 nitrogen and oxygen atoms in total. The smallest absolute Gasteiger partial charge is 0.370 e. The van der Waals surface area contributed by atoms with E-state index in [2.05, 4.69) is 12.6 Å². The third-order valence-corrected chi connectivity index (χ3v) is 4.39. The number of rotatable bonds is 8. The molecule has 0 N–H and O–H groups in total. The lowest BCUT2D eigenvalue weighted by Crippen LogP contribution is -2.30. The summed E-state index contributed by atoms with van der Waals surface area (Å²) in [6, 6.07) is 0. The molecule has 0 bridgehead atoms. The Bertz CT molecular complexity index is 516. The average molecular weight is 393 g/mol. The molecule has 0 aromatic heterocycles. The van der Waals surface area contributed by atoms with Crippen molar-refractivity contribution in [1.82, 2.24) is 0 Å². The summed E-state index contributed by atoms with van der Waals surface area (Å²) in [5.41, 5.74) is -0.701. The van der Waals surface area contributed by atoms with Gasteiger partial charge in [0, 0.05) is 25.0 Å². The molecule has 0 aliphatic carbocycles. The lowest BCUT2D eigenvalue weighted by molar-refractivity contribution is -0.173. The lowest BCUT2D eigenvalue weighted by Gasteiger charge is -2.21. The van der Waals surface area contributed by atoms with Crippen molar-refractivity contribution >= 4 is 47.2 Å². The first-order chi connectivity index (χ1) is 11.1. The van der Waals surface area contributed by atoms with Crippen LogP contribution in [0.2, 0.25) is 0 Å². The quantitative estimate of drug-likeness (QED) is 0.383. The molecule has 0 fully saturated rings. The van der Waals surface area contributed by atoms with Gasteiger partial charge in [0.1, 0.15) is 11.6 Å². The Morgan fingerprint density at radius 1 is 1.04 bits per heavy atom. The van der Waals surface area contributed by atoms with Gasteiger partial charge >= 0.3 is 11.3 Å². The number of carbonyl (C=O) groups excluding carboxylic acids is 4. The number of thiol groups is 1. The van der Waals surface area contributed by atoms with Crippen molar-refractivity contribution in [3.8, 4) is 0 Å². The maximum Gasteiger partial charge on any atom is 0.370 e. The highest BCUT2D eigenvalue weighted by Gasteiger charge is 2.29. The lowest BCUT2D eigenvalue weighted by atomic mass is 9.94. The molecule has 0 aliphatic rings. The molecule has 0 aliphatic heterocycles. The van der Waals surface area contributed by atoms with Crippen LogP contribution in [0.15, 0.2) is 0 Å². The number of Topliss-reactive ketones (excluding diaryl/α,β-unsaturated/α-hetero) is 2. The topological polar surface area (TPSA) is 86.7 Å². The maximum atomic E-state index is 12.0. The first-order valence-corrected chi connectivity index (χ1v) is 9.38. The molecule has 144 valence electrons. The van der Waals surface area contributed by atoms with Crippen molar-refractivity contribution in [3.05, 3.63) is 0 Å². The molecule has 0 saturated carbocycles. The third-order valence-electron chi connectivity index (χ3n) is 3.24. The largest absolute Gasteiger partial charge is 0.425 e. The molecule has 0 saturated heterocycles. The minimum absolute atomic E-state index is 0.0146. The van der Waals surface area contributed by atoms with Gasteiger partial charge in [0.2, 0.25) is 6.29 Å². The minimum atomic E-state index is -1.03. The van der Waals surface area contributed by atoms with E-state index in [0.29, 0.717) is 0 Å². The van der Waals surface area contributed by atoms with Gasteiger partial charge in [-0.3, -0.25) is 14.4 Å². The summed E-state index contributed by atoms with van der Waals surface area (Å²) < 4.78 is 9.17. The summed E-state index contributed by atoms with van der Waals surface area (Å²) in [6.07, 6.45) is -1.01. The highest BCUT2D eigenvalue weighted by molar-refractivity contribution is 8.13. The Morgan fingerprint density at radius 2 is 1.56 bits per heavy atom. The van der Waals surface area contributed by atoms with E-state index in [1.54, 1.807) is 34.6 Å². The Balaban J connectivity index is 4.51. The molecule has 0 aromatic rings. The van der Waals surface area contributed by atoms with Gasteiger partial charge in [0.05, 0.1) is 10.2 Å². The van der Waals surface area contributed by atoms with Crippen molar-refractivity contribution in [2.45, 2.75) is 65.9 Å². The number of carbonyl (C=O) groups is 4. The molecule has 0 unspecified atom stereocenters. The molecule has 0 aromatic carbocycles. The van der Waals surface area contributed by atoms with Crippen molar-refractivity contribution < 1.29 is 28.7 Å². The van der Waals surface area contributed by atoms with E-state index in [1.165, 1.54) is 13.8 Å². The first kappa shape index (κ1) is 24.0. The number of ether oxygens (including phenoxy) is 2. The van der Waals surface area contributed by atoms with Crippen LogP contribution in [0.25, 0.3) is 0 Å². The van der Waals surface area contributed by atoms with Gasteiger partial charge in [0.15, 0.2) is 0 Å². The second-order valence-corrected chi connectivity index (χ2v) is 9.47. The van der Waals surface area contributed by atoms with Gasteiger partial charge in [0.25, 0.3) is 0 Å². The molecule has 25 heavy (non-hydrogen) atoms. The van der Waals surface area contributed by atoms with Gasteiger partial charge in [-0.1, -0.05) is 0 Å². The average Bonchev–Trinajstić information content (AvgIpc) is 2.40. The molecule has 0 amide bonds. The zero-order valence-corrected chi connectivity index (χ0v) is 17.6. The van der Waals surface area contributed by atoms with Crippen LogP contribution in [-0.4, -0.2) is 39.6 Å². The van der Waals surface area contributed by atoms with E-state index >= 15 is 0 Å². The summed E-state index contributed by atoms with van der Waals surface area (Å²) in [6.45, 7) is 11.2. The molecule has 0 heterocycles. The van der Waals surface area contributed by atoms with Crippen LogP contribution in [0.5, 0.6) is 0 Å². The number of thioether (sulfide) groups is 1. The summed E-state index contributed by atoms with van der Waals surface area (Å²) in [7, 11) is 0. The van der Waals surface area contributed by atoms with Crippen LogP contribution in [0.4, 0.5) is 4.79 Å². The zero-order chi connectivity index (χ0) is 20.0. The number of ketones is 2. The second-order valence-electron chi connectivity index (χ2n) is 7.40. The van der Waals surface area contributed by atoms with Crippen molar-refractivity contribution in [2.75, 3.05) is 5.75 Å². The highest BCUT2D eigenvalue weighted by Crippen LogP contribution is 2.23. The maximum absolute atomic E-state index is 12.0. The van der Waals surface area contributed by atoms with Gasteiger partial charge in [-0.15, -0.1) is 0 Å². The molecule has 2 atom stereocenters. The van der Waals surface area contributed by atoms with Crippen molar-refractivity contribution in [1.29, 1.82) is 0 Å². The fourth-order valence-electron chi connectivity index (χ4n) is 1.48. The molecular weight excluding hydrogens is 364 g/mol. The van der Waals surface area contributed by atoms with E-state index in [1.807, 2.05) is 0 Å². The van der Waals surface area contributed by atoms with E-state index in [9.17, 15) is 19.2 Å². The standard InChI is InChI=1S/C17H28O6S2/c1-10(18)12(8-13(19)17(6,7)24)9-25-15(21)23-11(2)22-14(20)16(3,4)5/h11-12,24H,8-9H2,1-7H3/t11-,12-/m0/s1. The van der Waals surface area contributed by atoms with Crippen LogP contribution in [-0.2, 0) is 23.9 Å². The normalized spacial score (nSPS) is 14.4. The summed E-state index contributed by atoms with van der Waals surface area (Å²) in [5.74, 6) is -1.31. The van der Waals surface area contributed by atoms with Gasteiger partial charge in [-0.25, -0.2) is 4.79 Å². The van der Waals surface area contributed by atoms with E-state index < -0.39 is 33.6 Å². The Labute approximate surface area is 159 Å². The van der Waals surface area contributed by atoms with Gasteiger partial charge in [-0.05, 0) is 53.3 Å². The predicted molar refractivity (Wildman–Crippen MR) is 101 cm³/mol. The van der Waals surface area contributed by atoms with Crippen LogP contribution in [0, 0.1) is 11.3 Å². The van der Waals surface area contributed by atoms with E-state index in [0.717, 1.165) is 11.8 Å². The van der Waals surface area contributed by atoms with E-state index in [4.69, 9.17) is 9.47 Å². The van der Waals surface area contributed by atoms with Crippen LogP contribution in [0.1, 0.15) is 54.9 Å². The number of hydrogen-bond acceptors (Lipinski definition) is 8.